The summed E-state index contributed by atoms with van der Waals surface area (Å²) in [6, 6.07) is 8.47. The van der Waals surface area contributed by atoms with Crippen LogP contribution in [0.25, 0.3) is 0 Å². The normalized spacial score (nSPS) is 20.6. The Bertz CT molecular complexity index is 450. The van der Waals surface area contributed by atoms with Gasteiger partial charge < -0.3 is 10.2 Å². The summed E-state index contributed by atoms with van der Waals surface area (Å²) in [6.07, 6.45) is 1.60. The largest absolute Gasteiger partial charge is 0.341 e. The molecular formula is C15H21ClN2O. The maximum Gasteiger partial charge on any atom is 0.222 e. The first kappa shape index (κ1) is 14.4. The Hall–Kier alpha value is -1.06. The fourth-order valence-electron chi connectivity index (χ4n) is 2.62. The van der Waals surface area contributed by atoms with Crippen LogP contribution in [0.1, 0.15) is 38.3 Å². The van der Waals surface area contributed by atoms with Crippen molar-refractivity contribution in [1.29, 1.82) is 0 Å². The lowest BCUT2D eigenvalue weighted by atomic mass is 10.1. The summed E-state index contributed by atoms with van der Waals surface area (Å²) in [6.45, 7) is 5.70. The summed E-state index contributed by atoms with van der Waals surface area (Å²) < 4.78 is 0. The quantitative estimate of drug-likeness (QED) is 0.920. The Labute approximate surface area is 119 Å². The van der Waals surface area contributed by atoms with Gasteiger partial charge in [-0.2, -0.15) is 0 Å². The molecule has 1 saturated heterocycles. The van der Waals surface area contributed by atoms with Gasteiger partial charge in [0.05, 0.1) is 0 Å². The fraction of sp³-hybridized carbons (Fsp3) is 0.533. The SMILES string of the molecule is CCC(=O)N1CC[C@H](N[C@H](C)c2ccccc2Cl)C1. The first-order valence-corrected chi connectivity index (χ1v) is 7.28. The number of halogens is 1. The lowest BCUT2D eigenvalue weighted by Gasteiger charge is -2.21. The van der Waals surface area contributed by atoms with E-state index in [0.29, 0.717) is 12.5 Å². The highest BCUT2D eigenvalue weighted by atomic mass is 35.5. The number of hydrogen-bond acceptors (Lipinski definition) is 2. The Morgan fingerprint density at radius 2 is 2.26 bits per heavy atom. The second kappa shape index (κ2) is 6.40. The van der Waals surface area contributed by atoms with Gasteiger partial charge in [-0.05, 0) is 25.0 Å². The van der Waals surface area contributed by atoms with Crippen LogP contribution in [0.15, 0.2) is 24.3 Å². The monoisotopic (exact) mass is 280 g/mol. The standard InChI is InChI=1S/C15H21ClN2O/c1-3-15(19)18-9-8-12(10-18)17-11(2)13-6-4-5-7-14(13)16/h4-7,11-12,17H,3,8-10H2,1-2H3/t11-,12+/m1/s1. The number of likely N-dealkylation sites (tertiary alicyclic amines) is 1. The smallest absolute Gasteiger partial charge is 0.222 e. The van der Waals surface area contributed by atoms with Crippen LogP contribution in [0.4, 0.5) is 0 Å². The van der Waals surface area contributed by atoms with Gasteiger partial charge in [0.1, 0.15) is 0 Å². The van der Waals surface area contributed by atoms with Crippen molar-refractivity contribution in [3.63, 3.8) is 0 Å². The van der Waals surface area contributed by atoms with E-state index in [9.17, 15) is 4.79 Å². The molecule has 104 valence electrons. The van der Waals surface area contributed by atoms with E-state index < -0.39 is 0 Å². The van der Waals surface area contributed by atoms with Crippen molar-refractivity contribution in [3.8, 4) is 0 Å². The summed E-state index contributed by atoms with van der Waals surface area (Å²) in [4.78, 5) is 13.6. The molecule has 3 nitrogen and oxygen atoms in total. The predicted molar refractivity (Wildman–Crippen MR) is 78.3 cm³/mol. The molecule has 1 N–H and O–H groups in total. The van der Waals surface area contributed by atoms with Crippen molar-refractivity contribution in [1.82, 2.24) is 10.2 Å². The second-order valence-electron chi connectivity index (χ2n) is 5.09. The van der Waals surface area contributed by atoms with Crippen LogP contribution >= 0.6 is 11.6 Å². The number of carbonyl (C=O) groups is 1. The molecule has 0 bridgehead atoms. The summed E-state index contributed by atoms with van der Waals surface area (Å²) in [5, 5.41) is 4.36. The molecule has 0 aliphatic carbocycles. The summed E-state index contributed by atoms with van der Waals surface area (Å²) >= 11 is 6.20. The Morgan fingerprint density at radius 1 is 1.53 bits per heavy atom. The van der Waals surface area contributed by atoms with Gasteiger partial charge >= 0.3 is 0 Å². The lowest BCUT2D eigenvalue weighted by molar-refractivity contribution is -0.129. The topological polar surface area (TPSA) is 32.3 Å². The van der Waals surface area contributed by atoms with Gasteiger partial charge in [0.25, 0.3) is 0 Å². The van der Waals surface area contributed by atoms with Gasteiger partial charge in [0.15, 0.2) is 0 Å². The lowest BCUT2D eigenvalue weighted by Crippen LogP contribution is -2.36. The molecule has 1 aromatic rings. The molecule has 1 amide bonds. The van der Waals surface area contributed by atoms with E-state index in [4.69, 9.17) is 11.6 Å². The molecule has 1 aromatic carbocycles. The molecule has 4 heteroatoms. The average Bonchev–Trinajstić information content (AvgIpc) is 2.86. The number of amides is 1. The number of nitrogens with one attached hydrogen (secondary N) is 1. The van der Waals surface area contributed by atoms with E-state index in [-0.39, 0.29) is 11.9 Å². The molecule has 1 fully saturated rings. The molecule has 19 heavy (non-hydrogen) atoms. The number of benzene rings is 1. The van der Waals surface area contributed by atoms with Gasteiger partial charge in [-0.1, -0.05) is 36.7 Å². The highest BCUT2D eigenvalue weighted by Gasteiger charge is 2.26. The Kier molecular flexibility index (Phi) is 4.83. The maximum absolute atomic E-state index is 11.6. The van der Waals surface area contributed by atoms with Crippen LogP contribution in [-0.4, -0.2) is 29.9 Å². The summed E-state index contributed by atoms with van der Waals surface area (Å²) in [7, 11) is 0. The van der Waals surface area contributed by atoms with Crippen molar-refractivity contribution in [2.45, 2.75) is 38.8 Å². The van der Waals surface area contributed by atoms with Crippen LogP contribution in [0, 0.1) is 0 Å². The molecule has 1 heterocycles. The number of rotatable bonds is 4. The minimum absolute atomic E-state index is 0.204. The Morgan fingerprint density at radius 3 is 2.95 bits per heavy atom. The first-order chi connectivity index (χ1) is 9.11. The summed E-state index contributed by atoms with van der Waals surface area (Å²) in [5.74, 6) is 0.245. The van der Waals surface area contributed by atoms with Crippen LogP contribution < -0.4 is 5.32 Å². The van der Waals surface area contributed by atoms with Gasteiger partial charge in [-0.3, -0.25) is 4.79 Å². The highest BCUT2D eigenvalue weighted by molar-refractivity contribution is 6.31. The van der Waals surface area contributed by atoms with E-state index in [1.165, 1.54) is 0 Å². The zero-order valence-electron chi connectivity index (χ0n) is 11.5. The second-order valence-corrected chi connectivity index (χ2v) is 5.50. The van der Waals surface area contributed by atoms with Gasteiger partial charge in [-0.15, -0.1) is 0 Å². The molecule has 2 atom stereocenters. The van der Waals surface area contributed by atoms with Crippen molar-refractivity contribution >= 4 is 17.5 Å². The van der Waals surface area contributed by atoms with E-state index in [1.54, 1.807) is 0 Å². The fourth-order valence-corrected chi connectivity index (χ4v) is 2.92. The van der Waals surface area contributed by atoms with Crippen molar-refractivity contribution < 1.29 is 4.79 Å². The van der Waals surface area contributed by atoms with Gasteiger partial charge in [0.2, 0.25) is 5.91 Å². The minimum atomic E-state index is 0.204. The molecular weight excluding hydrogens is 260 g/mol. The molecule has 0 unspecified atom stereocenters. The van der Waals surface area contributed by atoms with Crippen LogP contribution in [-0.2, 0) is 4.79 Å². The van der Waals surface area contributed by atoms with Gasteiger partial charge in [0, 0.05) is 36.6 Å². The van der Waals surface area contributed by atoms with Crippen LogP contribution in [0.3, 0.4) is 0 Å². The molecule has 0 saturated carbocycles. The number of nitrogens with zero attached hydrogens (tertiary/aromatic N) is 1. The third-order valence-electron chi connectivity index (χ3n) is 3.70. The van der Waals surface area contributed by atoms with E-state index >= 15 is 0 Å². The zero-order chi connectivity index (χ0) is 13.8. The Balaban J connectivity index is 1.92. The number of hydrogen-bond donors (Lipinski definition) is 1. The predicted octanol–water partition coefficient (Wildman–Crippen LogP) is 3.00. The van der Waals surface area contributed by atoms with Gasteiger partial charge in [-0.25, -0.2) is 0 Å². The van der Waals surface area contributed by atoms with Crippen LogP contribution in [0.2, 0.25) is 5.02 Å². The van der Waals surface area contributed by atoms with Crippen molar-refractivity contribution in [2.75, 3.05) is 13.1 Å². The summed E-state index contributed by atoms with van der Waals surface area (Å²) in [5.41, 5.74) is 1.12. The van der Waals surface area contributed by atoms with E-state index in [0.717, 1.165) is 30.1 Å². The molecule has 0 radical (unpaired) electrons. The third kappa shape index (κ3) is 3.48. The van der Waals surface area contributed by atoms with Crippen LogP contribution in [0.5, 0.6) is 0 Å². The van der Waals surface area contributed by atoms with Crippen molar-refractivity contribution in [2.24, 2.45) is 0 Å². The third-order valence-corrected chi connectivity index (χ3v) is 4.05. The molecule has 1 aliphatic rings. The minimum Gasteiger partial charge on any atom is -0.341 e. The molecule has 0 aromatic heterocycles. The molecule has 0 spiro atoms. The molecule has 2 rings (SSSR count). The van der Waals surface area contributed by atoms with E-state index in [1.807, 2.05) is 36.1 Å². The maximum atomic E-state index is 11.6. The zero-order valence-corrected chi connectivity index (χ0v) is 12.3. The van der Waals surface area contributed by atoms with Crippen molar-refractivity contribution in [3.05, 3.63) is 34.9 Å². The first-order valence-electron chi connectivity index (χ1n) is 6.90. The number of carbonyl (C=O) groups excluding carboxylic acids is 1. The highest BCUT2D eigenvalue weighted by Crippen LogP contribution is 2.23. The average molecular weight is 281 g/mol. The molecule has 1 aliphatic heterocycles. The van der Waals surface area contributed by atoms with E-state index in [2.05, 4.69) is 12.2 Å².